The van der Waals surface area contributed by atoms with Crippen LogP contribution in [0.3, 0.4) is 0 Å². The van der Waals surface area contributed by atoms with Gasteiger partial charge in [-0.15, -0.1) is 0 Å². The number of hydrogen-bond acceptors (Lipinski definition) is 2. The van der Waals surface area contributed by atoms with Crippen LogP contribution in [0.15, 0.2) is 42.5 Å². The minimum absolute atomic E-state index is 0.837. The zero-order valence-electron chi connectivity index (χ0n) is 10.3. The summed E-state index contributed by atoms with van der Waals surface area (Å²) >= 11 is 0. The summed E-state index contributed by atoms with van der Waals surface area (Å²) in [6, 6.07) is 14.5. The number of nitrogens with two attached hydrogens (primary N) is 1. The molecule has 2 aromatic carbocycles. The van der Waals surface area contributed by atoms with E-state index in [-0.39, 0.29) is 0 Å². The van der Waals surface area contributed by atoms with Crippen LogP contribution in [0, 0.1) is 13.8 Å². The summed E-state index contributed by atoms with van der Waals surface area (Å²) in [6.45, 7) is 4.91. The molecule has 0 unspecified atom stereocenters. The summed E-state index contributed by atoms with van der Waals surface area (Å²) in [6.07, 6.45) is 0. The molecule has 0 aromatic heterocycles. The van der Waals surface area contributed by atoms with Crippen molar-refractivity contribution in [2.24, 2.45) is 0 Å². The molecule has 2 aromatic rings. The van der Waals surface area contributed by atoms with Crippen molar-refractivity contribution in [2.45, 2.75) is 20.4 Å². The van der Waals surface area contributed by atoms with E-state index in [9.17, 15) is 0 Å². The quantitative estimate of drug-likeness (QED) is 0.786. The molecule has 0 fully saturated rings. The maximum atomic E-state index is 5.93. The van der Waals surface area contributed by atoms with Crippen molar-refractivity contribution in [3.63, 3.8) is 0 Å². The van der Waals surface area contributed by atoms with E-state index in [4.69, 9.17) is 5.73 Å². The Balaban J connectivity index is 2.10. The van der Waals surface area contributed by atoms with Crippen molar-refractivity contribution in [2.75, 3.05) is 11.1 Å². The van der Waals surface area contributed by atoms with E-state index in [1.54, 1.807) is 0 Å². The van der Waals surface area contributed by atoms with Crippen LogP contribution in [0.4, 0.5) is 11.4 Å². The van der Waals surface area contributed by atoms with Gasteiger partial charge in [-0.25, -0.2) is 0 Å². The molecule has 0 amide bonds. The van der Waals surface area contributed by atoms with Gasteiger partial charge in [-0.1, -0.05) is 30.3 Å². The average Bonchev–Trinajstić information content (AvgIpc) is 2.34. The third-order valence-corrected chi connectivity index (χ3v) is 2.93. The minimum Gasteiger partial charge on any atom is -0.398 e. The molecule has 3 N–H and O–H groups in total. The summed E-state index contributed by atoms with van der Waals surface area (Å²) in [4.78, 5) is 0. The minimum atomic E-state index is 0.837. The van der Waals surface area contributed by atoms with Crippen molar-refractivity contribution in [1.82, 2.24) is 0 Å². The van der Waals surface area contributed by atoms with Gasteiger partial charge in [-0.05, 0) is 42.7 Å². The van der Waals surface area contributed by atoms with Gasteiger partial charge in [0.1, 0.15) is 0 Å². The van der Waals surface area contributed by atoms with Crippen LogP contribution < -0.4 is 11.1 Å². The van der Waals surface area contributed by atoms with Crippen LogP contribution in [-0.2, 0) is 6.54 Å². The molecule has 17 heavy (non-hydrogen) atoms. The van der Waals surface area contributed by atoms with E-state index < -0.39 is 0 Å². The Morgan fingerprint density at radius 3 is 2.18 bits per heavy atom. The molecule has 0 saturated heterocycles. The number of hydrogen-bond donors (Lipinski definition) is 2. The lowest BCUT2D eigenvalue weighted by atomic mass is 10.1. The Kier molecular flexibility index (Phi) is 3.33. The van der Waals surface area contributed by atoms with Crippen LogP contribution in [0.1, 0.15) is 16.7 Å². The van der Waals surface area contributed by atoms with Crippen molar-refractivity contribution in [3.8, 4) is 0 Å². The Morgan fingerprint density at radius 2 is 1.59 bits per heavy atom. The molecule has 2 rings (SSSR count). The number of nitrogen functional groups attached to an aromatic ring is 1. The van der Waals surface area contributed by atoms with Crippen LogP contribution >= 0.6 is 0 Å². The molecule has 2 heteroatoms. The fourth-order valence-corrected chi connectivity index (χ4v) is 1.88. The van der Waals surface area contributed by atoms with Gasteiger partial charge in [0, 0.05) is 17.9 Å². The second-order valence-corrected chi connectivity index (χ2v) is 4.36. The highest BCUT2D eigenvalue weighted by atomic mass is 14.9. The summed E-state index contributed by atoms with van der Waals surface area (Å²) in [5.41, 5.74) is 11.5. The van der Waals surface area contributed by atoms with Crippen molar-refractivity contribution < 1.29 is 0 Å². The highest BCUT2D eigenvalue weighted by Gasteiger charge is 2.01. The van der Waals surface area contributed by atoms with E-state index in [0.29, 0.717) is 0 Å². The molecule has 0 aliphatic rings. The summed E-state index contributed by atoms with van der Waals surface area (Å²) in [5, 5.41) is 3.41. The van der Waals surface area contributed by atoms with E-state index in [2.05, 4.69) is 41.7 Å². The van der Waals surface area contributed by atoms with Gasteiger partial charge in [-0.3, -0.25) is 0 Å². The van der Waals surface area contributed by atoms with E-state index in [1.807, 2.05) is 19.9 Å². The van der Waals surface area contributed by atoms with Gasteiger partial charge in [0.15, 0.2) is 0 Å². The van der Waals surface area contributed by atoms with Crippen molar-refractivity contribution in [3.05, 3.63) is 59.2 Å². The molecule has 0 saturated carbocycles. The molecule has 0 aliphatic heterocycles. The lowest BCUT2D eigenvalue weighted by Crippen LogP contribution is -2.01. The second-order valence-electron chi connectivity index (χ2n) is 4.36. The first-order valence-electron chi connectivity index (χ1n) is 5.81. The molecule has 0 radical (unpaired) electrons. The zero-order chi connectivity index (χ0) is 12.3. The Labute approximate surface area is 102 Å². The number of anilines is 2. The third-order valence-electron chi connectivity index (χ3n) is 2.93. The lowest BCUT2D eigenvalue weighted by molar-refractivity contribution is 1.14. The first kappa shape index (κ1) is 11.5. The highest BCUT2D eigenvalue weighted by molar-refractivity contribution is 5.61. The van der Waals surface area contributed by atoms with Crippen LogP contribution in [0.5, 0.6) is 0 Å². The normalized spacial score (nSPS) is 10.2. The van der Waals surface area contributed by atoms with Gasteiger partial charge < -0.3 is 11.1 Å². The molecular formula is C15H18N2. The van der Waals surface area contributed by atoms with Crippen LogP contribution in [-0.4, -0.2) is 0 Å². The maximum Gasteiger partial charge on any atom is 0.0400 e. The average molecular weight is 226 g/mol. The predicted octanol–water partition coefficient (Wildman–Crippen LogP) is 3.50. The molecular weight excluding hydrogens is 208 g/mol. The largest absolute Gasteiger partial charge is 0.398 e. The molecule has 88 valence electrons. The first-order valence-corrected chi connectivity index (χ1v) is 5.81. The smallest absolute Gasteiger partial charge is 0.0400 e. The molecule has 0 aliphatic carbocycles. The summed E-state index contributed by atoms with van der Waals surface area (Å²) in [5.74, 6) is 0. The number of nitrogens with one attached hydrogen (secondary N) is 1. The standard InChI is InChI=1S/C15H18N2/c1-11-8-14(9-12(2)15(11)16)17-10-13-6-4-3-5-7-13/h3-9,17H,10,16H2,1-2H3. The number of aryl methyl sites for hydroxylation is 2. The molecule has 0 atom stereocenters. The van der Waals surface area contributed by atoms with Crippen LogP contribution in [0.25, 0.3) is 0 Å². The lowest BCUT2D eigenvalue weighted by Gasteiger charge is -2.11. The second kappa shape index (κ2) is 4.91. The summed E-state index contributed by atoms with van der Waals surface area (Å²) in [7, 11) is 0. The fraction of sp³-hybridized carbons (Fsp3) is 0.200. The third kappa shape index (κ3) is 2.78. The highest BCUT2D eigenvalue weighted by Crippen LogP contribution is 2.22. The fourth-order valence-electron chi connectivity index (χ4n) is 1.88. The van der Waals surface area contributed by atoms with E-state index in [0.717, 1.165) is 29.0 Å². The SMILES string of the molecule is Cc1cc(NCc2ccccc2)cc(C)c1N. The zero-order valence-corrected chi connectivity index (χ0v) is 10.3. The van der Waals surface area contributed by atoms with Crippen molar-refractivity contribution in [1.29, 1.82) is 0 Å². The van der Waals surface area contributed by atoms with E-state index >= 15 is 0 Å². The first-order chi connectivity index (χ1) is 8.16. The monoisotopic (exact) mass is 226 g/mol. The number of benzene rings is 2. The van der Waals surface area contributed by atoms with Gasteiger partial charge in [0.2, 0.25) is 0 Å². The topological polar surface area (TPSA) is 38.0 Å². The summed E-state index contributed by atoms with van der Waals surface area (Å²) < 4.78 is 0. The number of rotatable bonds is 3. The van der Waals surface area contributed by atoms with Gasteiger partial charge >= 0.3 is 0 Å². The Hall–Kier alpha value is -1.96. The molecule has 0 spiro atoms. The van der Waals surface area contributed by atoms with E-state index in [1.165, 1.54) is 5.56 Å². The molecule has 0 heterocycles. The van der Waals surface area contributed by atoms with Gasteiger partial charge in [0.25, 0.3) is 0 Å². The predicted molar refractivity (Wildman–Crippen MR) is 74.1 cm³/mol. The van der Waals surface area contributed by atoms with Gasteiger partial charge in [0.05, 0.1) is 0 Å². The van der Waals surface area contributed by atoms with Crippen molar-refractivity contribution >= 4 is 11.4 Å². The van der Waals surface area contributed by atoms with Gasteiger partial charge in [-0.2, -0.15) is 0 Å². The molecule has 0 bridgehead atoms. The maximum absolute atomic E-state index is 5.93. The van der Waals surface area contributed by atoms with Crippen LogP contribution in [0.2, 0.25) is 0 Å². The molecule has 2 nitrogen and oxygen atoms in total. The Morgan fingerprint density at radius 1 is 1.00 bits per heavy atom. The Bertz CT molecular complexity index is 481.